The minimum atomic E-state index is -5.05. The standard InChI is InChI=1S/C13H30N2O4.H4O7P2/c1-5-14(6-2)12(19-15(7-3)8-4)13(9-16,10-17)11-18;1-8(2,3)7-9(4,5)6/h12,16-18H,5-11H2,1-4H3;(H2,1,2,3)(H2,4,5,6). The molecule has 1 atom stereocenters. The molecule has 0 heterocycles. The van der Waals surface area contributed by atoms with Crippen molar-refractivity contribution in [2.45, 2.75) is 33.9 Å². The van der Waals surface area contributed by atoms with Crippen LogP contribution < -0.4 is 0 Å². The van der Waals surface area contributed by atoms with Crippen LogP contribution in [0.5, 0.6) is 0 Å². The zero-order valence-corrected chi connectivity index (χ0v) is 18.4. The first-order chi connectivity index (χ1) is 12.8. The van der Waals surface area contributed by atoms with Crippen LogP contribution in [0.1, 0.15) is 27.7 Å². The molecule has 0 aliphatic rings. The van der Waals surface area contributed by atoms with Crippen molar-refractivity contribution in [1.82, 2.24) is 9.96 Å². The minimum Gasteiger partial charge on any atom is -0.395 e. The van der Waals surface area contributed by atoms with Gasteiger partial charge in [0.1, 0.15) is 6.23 Å². The maximum absolute atomic E-state index is 9.63. The Morgan fingerprint density at radius 2 is 1.14 bits per heavy atom. The number of hydrogen-bond donors (Lipinski definition) is 7. The summed E-state index contributed by atoms with van der Waals surface area (Å²) in [4.78, 5) is 38.9. The van der Waals surface area contributed by atoms with Crippen LogP contribution >= 0.6 is 15.6 Å². The highest BCUT2D eigenvalue weighted by Crippen LogP contribution is 2.53. The van der Waals surface area contributed by atoms with Crippen molar-refractivity contribution in [2.24, 2.45) is 5.41 Å². The largest absolute Gasteiger partial charge is 0.478 e. The molecule has 0 spiro atoms. The van der Waals surface area contributed by atoms with Crippen LogP contribution in [-0.4, -0.2) is 97.1 Å². The lowest BCUT2D eigenvalue weighted by molar-refractivity contribution is -0.287. The average molecular weight is 456 g/mol. The van der Waals surface area contributed by atoms with Gasteiger partial charge in [-0.25, -0.2) is 9.13 Å². The molecule has 0 saturated carbocycles. The Morgan fingerprint density at radius 3 is 1.32 bits per heavy atom. The fourth-order valence-electron chi connectivity index (χ4n) is 2.16. The van der Waals surface area contributed by atoms with Crippen molar-refractivity contribution < 1.29 is 53.2 Å². The molecule has 0 rings (SSSR count). The molecular formula is C13H34N2O11P2. The summed E-state index contributed by atoms with van der Waals surface area (Å²) in [6, 6.07) is 0. The highest BCUT2D eigenvalue weighted by Gasteiger charge is 2.42. The van der Waals surface area contributed by atoms with E-state index in [1.807, 2.05) is 32.6 Å². The van der Waals surface area contributed by atoms with E-state index >= 15 is 0 Å². The summed E-state index contributed by atoms with van der Waals surface area (Å²) in [6.45, 7) is 9.75. The SMILES string of the molecule is CCN(CC)OC(N(CC)CC)C(CO)(CO)CO.O=P(O)(O)OP(=O)(O)O. The molecule has 0 aliphatic heterocycles. The van der Waals surface area contributed by atoms with E-state index in [2.05, 4.69) is 4.31 Å². The van der Waals surface area contributed by atoms with Gasteiger partial charge in [-0.3, -0.25) is 9.74 Å². The van der Waals surface area contributed by atoms with Crippen LogP contribution in [0.2, 0.25) is 0 Å². The highest BCUT2D eigenvalue weighted by atomic mass is 31.3. The number of phosphoric acid groups is 2. The van der Waals surface area contributed by atoms with E-state index in [-0.39, 0.29) is 19.8 Å². The van der Waals surface area contributed by atoms with Crippen LogP contribution in [-0.2, 0) is 18.3 Å². The topological polar surface area (TPSA) is 201 Å². The van der Waals surface area contributed by atoms with Crippen molar-refractivity contribution in [2.75, 3.05) is 46.0 Å². The van der Waals surface area contributed by atoms with Crippen molar-refractivity contribution in [1.29, 1.82) is 0 Å². The molecule has 0 radical (unpaired) electrons. The molecule has 0 bridgehead atoms. The number of hydrogen-bond acceptors (Lipinski definition) is 9. The van der Waals surface area contributed by atoms with Gasteiger partial charge in [-0.1, -0.05) is 27.7 Å². The third kappa shape index (κ3) is 11.9. The van der Waals surface area contributed by atoms with Gasteiger partial charge in [0.05, 0.1) is 25.2 Å². The number of rotatable bonds is 13. The molecule has 0 saturated heterocycles. The Labute approximate surface area is 164 Å². The van der Waals surface area contributed by atoms with Crippen molar-refractivity contribution in [3.8, 4) is 0 Å². The van der Waals surface area contributed by atoms with Crippen LogP contribution in [0.4, 0.5) is 0 Å². The second kappa shape index (κ2) is 14.1. The molecule has 28 heavy (non-hydrogen) atoms. The second-order valence-corrected chi connectivity index (χ2v) is 8.31. The average Bonchev–Trinajstić information content (AvgIpc) is 2.59. The maximum Gasteiger partial charge on any atom is 0.478 e. The molecule has 0 aromatic carbocycles. The van der Waals surface area contributed by atoms with Crippen molar-refractivity contribution in [3.05, 3.63) is 0 Å². The van der Waals surface area contributed by atoms with E-state index in [1.165, 1.54) is 0 Å². The second-order valence-electron chi connectivity index (χ2n) is 5.69. The Kier molecular flexibility index (Phi) is 15.2. The van der Waals surface area contributed by atoms with Gasteiger partial charge in [-0.2, -0.15) is 9.37 Å². The van der Waals surface area contributed by atoms with E-state index < -0.39 is 27.3 Å². The molecule has 172 valence electrons. The summed E-state index contributed by atoms with van der Waals surface area (Å²) in [5, 5.41) is 30.6. The molecule has 0 aromatic heterocycles. The van der Waals surface area contributed by atoms with Gasteiger partial charge in [-0.15, -0.1) is 0 Å². The quantitative estimate of drug-likeness (QED) is 0.102. The summed E-state index contributed by atoms with van der Waals surface area (Å²) in [5.74, 6) is 0. The summed E-state index contributed by atoms with van der Waals surface area (Å²) < 4.78 is 22.2. The monoisotopic (exact) mass is 456 g/mol. The van der Waals surface area contributed by atoms with Crippen LogP contribution in [0.25, 0.3) is 0 Å². The third-order valence-electron chi connectivity index (χ3n) is 3.78. The zero-order chi connectivity index (χ0) is 22.6. The van der Waals surface area contributed by atoms with Gasteiger partial charge in [0.15, 0.2) is 0 Å². The number of hydroxylamine groups is 2. The Hall–Kier alpha value is 0.0200. The molecule has 0 amide bonds. The minimum absolute atomic E-state index is 0.331. The van der Waals surface area contributed by atoms with Crippen molar-refractivity contribution in [3.63, 3.8) is 0 Å². The maximum atomic E-state index is 9.63. The lowest BCUT2D eigenvalue weighted by atomic mass is 9.88. The first kappa shape index (κ1) is 30.2. The summed E-state index contributed by atoms with van der Waals surface area (Å²) in [7, 11) is -10.1. The Morgan fingerprint density at radius 1 is 0.786 bits per heavy atom. The van der Waals surface area contributed by atoms with E-state index in [4.69, 9.17) is 24.4 Å². The molecule has 0 fully saturated rings. The zero-order valence-electron chi connectivity index (χ0n) is 16.6. The fraction of sp³-hybridized carbons (Fsp3) is 1.00. The summed E-state index contributed by atoms with van der Waals surface area (Å²) in [5.41, 5.74) is -1.07. The van der Waals surface area contributed by atoms with Gasteiger partial charge < -0.3 is 34.9 Å². The van der Waals surface area contributed by atoms with Gasteiger partial charge in [0, 0.05) is 13.1 Å². The third-order valence-corrected chi connectivity index (χ3v) is 5.48. The Bertz CT molecular complexity index is 459. The van der Waals surface area contributed by atoms with Crippen LogP contribution in [0.15, 0.2) is 0 Å². The predicted molar refractivity (Wildman–Crippen MR) is 99.6 cm³/mol. The molecule has 0 aromatic rings. The first-order valence-electron chi connectivity index (χ1n) is 8.60. The van der Waals surface area contributed by atoms with E-state index in [0.717, 1.165) is 0 Å². The molecule has 15 heteroatoms. The lowest BCUT2D eigenvalue weighted by Gasteiger charge is -2.43. The number of aliphatic hydroxyl groups is 3. The number of aliphatic hydroxyl groups excluding tert-OH is 3. The lowest BCUT2D eigenvalue weighted by Crippen LogP contribution is -2.57. The Balaban J connectivity index is 0. The predicted octanol–water partition coefficient (Wildman–Crippen LogP) is -0.921. The summed E-state index contributed by atoms with van der Waals surface area (Å²) in [6.07, 6.45) is -0.553. The highest BCUT2D eigenvalue weighted by molar-refractivity contribution is 7.60. The smallest absolute Gasteiger partial charge is 0.395 e. The number of nitrogens with zero attached hydrogens (tertiary/aromatic N) is 2. The molecule has 7 N–H and O–H groups in total. The van der Waals surface area contributed by atoms with Crippen LogP contribution in [0, 0.1) is 5.41 Å². The van der Waals surface area contributed by atoms with Gasteiger partial charge in [0.2, 0.25) is 0 Å². The molecule has 13 nitrogen and oxygen atoms in total. The van der Waals surface area contributed by atoms with E-state index in [9.17, 15) is 24.4 Å². The van der Waals surface area contributed by atoms with Crippen LogP contribution in [0.3, 0.4) is 0 Å². The van der Waals surface area contributed by atoms with Gasteiger partial charge >= 0.3 is 15.6 Å². The van der Waals surface area contributed by atoms with Gasteiger partial charge in [-0.05, 0) is 13.1 Å². The first-order valence-corrected chi connectivity index (χ1v) is 11.7. The fourth-order valence-corrected chi connectivity index (χ4v) is 3.27. The summed E-state index contributed by atoms with van der Waals surface area (Å²) >= 11 is 0. The molecule has 0 aliphatic carbocycles. The normalized spacial score (nSPS) is 14.2. The van der Waals surface area contributed by atoms with Gasteiger partial charge in [0.25, 0.3) is 0 Å². The van der Waals surface area contributed by atoms with Crippen molar-refractivity contribution >= 4 is 15.6 Å². The van der Waals surface area contributed by atoms with E-state index in [1.54, 1.807) is 5.06 Å². The molecular weight excluding hydrogens is 422 g/mol. The molecule has 1 unspecified atom stereocenters. The van der Waals surface area contributed by atoms with E-state index in [0.29, 0.717) is 26.2 Å².